The molecule has 104 valence electrons. The number of nitrogen functional groups attached to an aromatic ring is 1. The zero-order valence-corrected chi connectivity index (χ0v) is 11.4. The van der Waals surface area contributed by atoms with Gasteiger partial charge in [-0.2, -0.15) is 0 Å². The molecule has 0 amide bonds. The Balaban J connectivity index is 1.59. The van der Waals surface area contributed by atoms with Gasteiger partial charge >= 0.3 is 0 Å². The Hall–Kier alpha value is -1.65. The van der Waals surface area contributed by atoms with Gasteiger partial charge in [-0.15, -0.1) is 0 Å². The first-order valence-corrected chi connectivity index (χ1v) is 7.74. The van der Waals surface area contributed by atoms with Crippen molar-refractivity contribution >= 4 is 17.0 Å². The van der Waals surface area contributed by atoms with Gasteiger partial charge < -0.3 is 10.7 Å². The molecule has 4 bridgehead atoms. The Labute approximate surface area is 117 Å². The second-order valence-electron chi connectivity index (χ2n) is 7.04. The molecular weight excluding hydrogens is 250 g/mol. The molecule has 0 spiro atoms. The highest BCUT2D eigenvalue weighted by Gasteiger charge is 2.49. The number of H-pyrrole nitrogens is 1. The molecule has 6 rings (SSSR count). The van der Waals surface area contributed by atoms with Crippen LogP contribution in [0.15, 0.2) is 6.33 Å². The van der Waals surface area contributed by atoms with Crippen LogP contribution in [0.1, 0.15) is 43.8 Å². The van der Waals surface area contributed by atoms with Gasteiger partial charge in [-0.05, 0) is 55.8 Å². The number of imidazole rings is 1. The minimum absolute atomic E-state index is 0.512. The van der Waals surface area contributed by atoms with E-state index in [0.717, 1.165) is 40.7 Å². The van der Waals surface area contributed by atoms with Crippen LogP contribution in [0, 0.1) is 23.7 Å². The SMILES string of the molecule is Nc1ncnc2nc(C3C4CC5CC(C4)CC3C5)[nH]c12. The first-order chi connectivity index (χ1) is 9.78. The number of anilines is 1. The van der Waals surface area contributed by atoms with Crippen molar-refractivity contribution in [3.63, 3.8) is 0 Å². The number of hydrogen-bond donors (Lipinski definition) is 2. The van der Waals surface area contributed by atoms with Crippen molar-refractivity contribution in [3.05, 3.63) is 12.2 Å². The van der Waals surface area contributed by atoms with Gasteiger partial charge in [-0.3, -0.25) is 0 Å². The summed E-state index contributed by atoms with van der Waals surface area (Å²) in [5.41, 5.74) is 7.46. The van der Waals surface area contributed by atoms with Gasteiger partial charge in [-0.1, -0.05) is 0 Å². The summed E-state index contributed by atoms with van der Waals surface area (Å²) < 4.78 is 0. The van der Waals surface area contributed by atoms with E-state index in [1.165, 1.54) is 38.4 Å². The summed E-state index contributed by atoms with van der Waals surface area (Å²) in [5.74, 6) is 5.84. The average molecular weight is 269 g/mol. The third kappa shape index (κ3) is 1.41. The molecule has 4 fully saturated rings. The molecule has 20 heavy (non-hydrogen) atoms. The summed E-state index contributed by atoms with van der Waals surface area (Å²) in [6.45, 7) is 0. The fraction of sp³-hybridized carbons (Fsp3) is 0.667. The van der Waals surface area contributed by atoms with Crippen molar-refractivity contribution in [2.24, 2.45) is 23.7 Å². The molecular formula is C15H19N5. The lowest BCUT2D eigenvalue weighted by molar-refractivity contribution is -0.00528. The molecule has 0 atom stereocenters. The Morgan fingerprint density at radius 2 is 1.70 bits per heavy atom. The predicted molar refractivity (Wildman–Crippen MR) is 75.9 cm³/mol. The summed E-state index contributed by atoms with van der Waals surface area (Å²) in [7, 11) is 0. The third-order valence-corrected chi connectivity index (χ3v) is 5.88. The molecule has 0 aromatic carbocycles. The standard InChI is InChI=1S/C15H19N5/c16-13-12-15(18-6-17-13)20-14(19-12)11-9-2-7-1-8(4-9)5-10(11)3-7/h6-11H,1-5H2,(H3,16,17,18,19,20). The van der Waals surface area contributed by atoms with E-state index in [1.54, 1.807) is 0 Å². The van der Waals surface area contributed by atoms with Crippen molar-refractivity contribution in [3.8, 4) is 0 Å². The Kier molecular flexibility index (Phi) is 2.05. The van der Waals surface area contributed by atoms with E-state index in [1.807, 2.05) is 0 Å². The van der Waals surface area contributed by atoms with Crippen LogP contribution in [-0.2, 0) is 0 Å². The highest BCUT2D eigenvalue weighted by atomic mass is 15.1. The molecule has 4 aliphatic rings. The molecule has 5 nitrogen and oxygen atoms in total. The second-order valence-corrected chi connectivity index (χ2v) is 7.04. The molecule has 3 N–H and O–H groups in total. The molecule has 0 saturated heterocycles. The minimum atomic E-state index is 0.512. The first kappa shape index (κ1) is 11.1. The number of nitrogens with two attached hydrogens (primary N) is 1. The highest BCUT2D eigenvalue weighted by molar-refractivity contribution is 5.81. The maximum absolute atomic E-state index is 5.92. The van der Waals surface area contributed by atoms with Gasteiger partial charge in [0.05, 0.1) is 0 Å². The second kappa shape index (κ2) is 3.71. The smallest absolute Gasteiger partial charge is 0.183 e. The molecule has 2 aromatic rings. The van der Waals surface area contributed by atoms with Crippen LogP contribution in [0.3, 0.4) is 0 Å². The zero-order valence-electron chi connectivity index (χ0n) is 11.4. The fourth-order valence-electron chi connectivity index (χ4n) is 5.39. The normalized spacial score (nSPS) is 38.7. The maximum atomic E-state index is 5.92. The fourth-order valence-corrected chi connectivity index (χ4v) is 5.39. The van der Waals surface area contributed by atoms with E-state index >= 15 is 0 Å². The third-order valence-electron chi connectivity index (χ3n) is 5.88. The van der Waals surface area contributed by atoms with Crippen LogP contribution in [0.2, 0.25) is 0 Å². The van der Waals surface area contributed by atoms with Crippen LogP contribution < -0.4 is 5.73 Å². The van der Waals surface area contributed by atoms with Crippen molar-refractivity contribution in [2.75, 3.05) is 5.73 Å². The summed E-state index contributed by atoms with van der Waals surface area (Å²) in [6.07, 6.45) is 8.58. The van der Waals surface area contributed by atoms with Gasteiger partial charge in [0, 0.05) is 5.92 Å². The summed E-state index contributed by atoms with van der Waals surface area (Å²) in [6, 6.07) is 0. The van der Waals surface area contributed by atoms with Crippen LogP contribution in [0.4, 0.5) is 5.82 Å². The monoisotopic (exact) mass is 269 g/mol. The van der Waals surface area contributed by atoms with Gasteiger partial charge in [0.2, 0.25) is 0 Å². The zero-order chi connectivity index (χ0) is 13.3. The van der Waals surface area contributed by atoms with E-state index in [-0.39, 0.29) is 0 Å². The lowest BCUT2D eigenvalue weighted by Gasteiger charge is -2.53. The molecule has 0 radical (unpaired) electrons. The van der Waals surface area contributed by atoms with E-state index in [9.17, 15) is 0 Å². The van der Waals surface area contributed by atoms with E-state index in [2.05, 4.69) is 15.0 Å². The lowest BCUT2D eigenvalue weighted by Crippen LogP contribution is -2.44. The van der Waals surface area contributed by atoms with Crippen molar-refractivity contribution < 1.29 is 0 Å². The Bertz CT molecular complexity index is 648. The van der Waals surface area contributed by atoms with E-state index in [4.69, 9.17) is 10.7 Å². The molecule has 2 aromatic heterocycles. The number of hydrogen-bond acceptors (Lipinski definition) is 4. The molecule has 4 aliphatic carbocycles. The average Bonchev–Trinajstić information content (AvgIpc) is 2.82. The maximum Gasteiger partial charge on any atom is 0.183 e. The van der Waals surface area contributed by atoms with Crippen LogP contribution >= 0.6 is 0 Å². The highest BCUT2D eigenvalue weighted by Crippen LogP contribution is 2.59. The number of fused-ring (bicyclic) bond motifs is 1. The van der Waals surface area contributed by atoms with Gasteiger partial charge in [0.15, 0.2) is 11.5 Å². The number of aromatic nitrogens is 4. The van der Waals surface area contributed by atoms with Crippen molar-refractivity contribution in [2.45, 2.75) is 38.0 Å². The number of nitrogens with zero attached hydrogens (tertiary/aromatic N) is 3. The topological polar surface area (TPSA) is 80.5 Å². The Morgan fingerprint density at radius 1 is 1.00 bits per heavy atom. The molecule has 5 heteroatoms. The summed E-state index contributed by atoms with van der Waals surface area (Å²) in [4.78, 5) is 16.5. The van der Waals surface area contributed by atoms with Crippen molar-refractivity contribution in [1.82, 2.24) is 19.9 Å². The van der Waals surface area contributed by atoms with Gasteiger partial charge in [0.25, 0.3) is 0 Å². The largest absolute Gasteiger partial charge is 0.382 e. The van der Waals surface area contributed by atoms with E-state index < -0.39 is 0 Å². The molecule has 4 saturated carbocycles. The van der Waals surface area contributed by atoms with Crippen LogP contribution in [0.25, 0.3) is 11.2 Å². The van der Waals surface area contributed by atoms with Gasteiger partial charge in [0.1, 0.15) is 17.7 Å². The van der Waals surface area contributed by atoms with E-state index in [0.29, 0.717) is 11.7 Å². The van der Waals surface area contributed by atoms with Gasteiger partial charge in [-0.25, -0.2) is 15.0 Å². The summed E-state index contributed by atoms with van der Waals surface area (Å²) in [5, 5.41) is 0. The lowest BCUT2D eigenvalue weighted by atomic mass is 9.52. The first-order valence-electron chi connectivity index (χ1n) is 7.74. The van der Waals surface area contributed by atoms with Crippen LogP contribution in [0.5, 0.6) is 0 Å². The number of nitrogens with one attached hydrogen (secondary N) is 1. The minimum Gasteiger partial charge on any atom is -0.382 e. The quantitative estimate of drug-likeness (QED) is 0.833. The number of rotatable bonds is 1. The molecule has 0 aliphatic heterocycles. The molecule has 2 heterocycles. The van der Waals surface area contributed by atoms with Crippen molar-refractivity contribution in [1.29, 1.82) is 0 Å². The molecule has 0 unspecified atom stereocenters. The van der Waals surface area contributed by atoms with Crippen LogP contribution in [-0.4, -0.2) is 19.9 Å². The Morgan fingerprint density at radius 3 is 2.35 bits per heavy atom. The number of aromatic amines is 1. The predicted octanol–water partition coefficient (Wildman–Crippen LogP) is 2.47. The summed E-state index contributed by atoms with van der Waals surface area (Å²) >= 11 is 0.